The van der Waals surface area contributed by atoms with E-state index < -0.39 is 0 Å². The number of amides is 2. The molecule has 2 rings (SSSR count). The molecule has 2 amide bonds. The van der Waals surface area contributed by atoms with Crippen LogP contribution in [0.4, 0.5) is 5.69 Å². The molecule has 0 aromatic heterocycles. The van der Waals surface area contributed by atoms with E-state index >= 15 is 0 Å². The average molecular weight is 260 g/mol. The molecule has 0 atom stereocenters. The zero-order chi connectivity index (χ0) is 13.8. The van der Waals surface area contributed by atoms with Gasteiger partial charge in [-0.05, 0) is 44.9 Å². The third kappa shape index (κ3) is 3.56. The molecule has 0 bridgehead atoms. The fraction of sp³-hybridized carbons (Fsp3) is 0.467. The van der Waals surface area contributed by atoms with Crippen molar-refractivity contribution < 1.29 is 9.59 Å². The topological polar surface area (TPSA) is 58.2 Å². The second-order valence-corrected chi connectivity index (χ2v) is 5.33. The largest absolute Gasteiger partial charge is 0.350 e. The highest BCUT2D eigenvalue weighted by Gasteiger charge is 2.25. The second kappa shape index (κ2) is 5.87. The van der Waals surface area contributed by atoms with Crippen LogP contribution in [0.15, 0.2) is 24.3 Å². The lowest BCUT2D eigenvalue weighted by Crippen LogP contribution is -2.30. The molecule has 19 heavy (non-hydrogen) atoms. The summed E-state index contributed by atoms with van der Waals surface area (Å²) in [5.74, 6) is 0.0931. The van der Waals surface area contributed by atoms with Gasteiger partial charge in [0.05, 0.1) is 0 Å². The average Bonchev–Trinajstić information content (AvgIpc) is 2.25. The Morgan fingerprint density at radius 1 is 1.26 bits per heavy atom. The van der Waals surface area contributed by atoms with Crippen LogP contribution in [0.2, 0.25) is 0 Å². The van der Waals surface area contributed by atoms with Gasteiger partial charge in [0, 0.05) is 23.2 Å². The van der Waals surface area contributed by atoms with Gasteiger partial charge in [0.25, 0.3) is 5.91 Å². The Balaban J connectivity index is 2.02. The fourth-order valence-electron chi connectivity index (χ4n) is 2.00. The van der Waals surface area contributed by atoms with Gasteiger partial charge in [0.2, 0.25) is 5.91 Å². The molecule has 0 heterocycles. The van der Waals surface area contributed by atoms with E-state index in [0.29, 0.717) is 11.3 Å². The monoisotopic (exact) mass is 260 g/mol. The third-order valence-electron chi connectivity index (χ3n) is 3.29. The summed E-state index contributed by atoms with van der Waals surface area (Å²) in [6.07, 6.45) is 3.08. The minimum Gasteiger partial charge on any atom is -0.350 e. The number of hydrogen-bond donors (Lipinski definition) is 2. The Hall–Kier alpha value is -1.84. The van der Waals surface area contributed by atoms with Crippen LogP contribution >= 0.6 is 0 Å². The van der Waals surface area contributed by atoms with Crippen LogP contribution in [0.3, 0.4) is 0 Å². The lowest BCUT2D eigenvalue weighted by Gasteiger charge is -2.24. The maximum Gasteiger partial charge on any atom is 0.251 e. The second-order valence-electron chi connectivity index (χ2n) is 5.33. The molecule has 1 aromatic rings. The summed E-state index contributed by atoms with van der Waals surface area (Å²) >= 11 is 0. The molecule has 0 spiro atoms. The molecule has 4 nitrogen and oxygen atoms in total. The Kier molecular flexibility index (Phi) is 4.20. The minimum absolute atomic E-state index is 0.0627. The van der Waals surface area contributed by atoms with Crippen LogP contribution in [0.5, 0.6) is 0 Å². The first-order valence-corrected chi connectivity index (χ1v) is 6.78. The molecular formula is C15H20N2O2. The van der Waals surface area contributed by atoms with E-state index in [9.17, 15) is 9.59 Å². The Bertz CT molecular complexity index is 479. The molecular weight excluding hydrogens is 240 g/mol. The number of carbonyl (C=O) groups excluding carboxylic acids is 2. The smallest absolute Gasteiger partial charge is 0.251 e. The van der Waals surface area contributed by atoms with Crippen molar-refractivity contribution in [1.82, 2.24) is 5.32 Å². The van der Waals surface area contributed by atoms with Gasteiger partial charge in [0.15, 0.2) is 0 Å². The van der Waals surface area contributed by atoms with E-state index in [2.05, 4.69) is 10.6 Å². The van der Waals surface area contributed by atoms with Gasteiger partial charge < -0.3 is 10.6 Å². The van der Waals surface area contributed by atoms with Crippen molar-refractivity contribution in [2.24, 2.45) is 5.92 Å². The predicted molar refractivity (Wildman–Crippen MR) is 75.0 cm³/mol. The number of hydrogen-bond acceptors (Lipinski definition) is 2. The summed E-state index contributed by atoms with van der Waals surface area (Å²) in [7, 11) is 0. The Morgan fingerprint density at radius 3 is 2.58 bits per heavy atom. The van der Waals surface area contributed by atoms with E-state index in [1.807, 2.05) is 19.9 Å². The number of benzene rings is 1. The maximum atomic E-state index is 11.9. The van der Waals surface area contributed by atoms with Crippen molar-refractivity contribution in [2.75, 3.05) is 5.32 Å². The van der Waals surface area contributed by atoms with Gasteiger partial charge in [-0.25, -0.2) is 0 Å². The zero-order valence-electron chi connectivity index (χ0n) is 11.4. The van der Waals surface area contributed by atoms with Gasteiger partial charge >= 0.3 is 0 Å². The number of carbonyl (C=O) groups is 2. The molecule has 1 fully saturated rings. The number of anilines is 1. The van der Waals surface area contributed by atoms with Gasteiger partial charge in [-0.3, -0.25) is 9.59 Å². The molecule has 0 radical (unpaired) electrons. The number of rotatable bonds is 4. The van der Waals surface area contributed by atoms with Gasteiger partial charge in [-0.2, -0.15) is 0 Å². The van der Waals surface area contributed by atoms with E-state index in [1.165, 1.54) is 0 Å². The molecule has 2 N–H and O–H groups in total. The van der Waals surface area contributed by atoms with Gasteiger partial charge in [-0.15, -0.1) is 0 Å². The Morgan fingerprint density at radius 2 is 2.00 bits per heavy atom. The van der Waals surface area contributed by atoms with E-state index in [-0.39, 0.29) is 23.8 Å². The first-order chi connectivity index (χ1) is 9.06. The molecule has 0 saturated heterocycles. The first kappa shape index (κ1) is 13.6. The highest BCUT2D eigenvalue weighted by atomic mass is 16.2. The van der Waals surface area contributed by atoms with Crippen LogP contribution in [-0.2, 0) is 4.79 Å². The lowest BCUT2D eigenvalue weighted by molar-refractivity contribution is -0.122. The van der Waals surface area contributed by atoms with Crippen LogP contribution in [0, 0.1) is 5.92 Å². The lowest BCUT2D eigenvalue weighted by atomic mass is 9.85. The van der Waals surface area contributed by atoms with Crippen LogP contribution in [0.25, 0.3) is 0 Å². The van der Waals surface area contributed by atoms with Crippen molar-refractivity contribution in [1.29, 1.82) is 0 Å². The number of nitrogens with one attached hydrogen (secondary N) is 2. The van der Waals surface area contributed by atoms with Crippen molar-refractivity contribution in [3.8, 4) is 0 Å². The van der Waals surface area contributed by atoms with Crippen LogP contribution < -0.4 is 10.6 Å². The van der Waals surface area contributed by atoms with E-state index in [0.717, 1.165) is 19.3 Å². The molecule has 1 aliphatic rings. The standard InChI is InChI=1S/C15H20N2O2/c1-10(2)16-15(19)12-7-4-8-13(9-12)17-14(18)11-5-3-6-11/h4,7-11H,3,5-6H2,1-2H3,(H,16,19)(H,17,18). The van der Waals surface area contributed by atoms with Crippen LogP contribution in [0.1, 0.15) is 43.5 Å². The summed E-state index contributed by atoms with van der Waals surface area (Å²) in [6, 6.07) is 7.15. The molecule has 1 aliphatic carbocycles. The molecule has 102 valence electrons. The summed E-state index contributed by atoms with van der Waals surface area (Å²) in [5.41, 5.74) is 1.26. The Labute approximate surface area is 113 Å². The van der Waals surface area contributed by atoms with Crippen LogP contribution in [-0.4, -0.2) is 17.9 Å². The van der Waals surface area contributed by atoms with E-state index in [4.69, 9.17) is 0 Å². The molecule has 0 aliphatic heterocycles. The normalized spacial score (nSPS) is 14.9. The zero-order valence-corrected chi connectivity index (χ0v) is 11.4. The van der Waals surface area contributed by atoms with Crippen molar-refractivity contribution in [3.63, 3.8) is 0 Å². The SMILES string of the molecule is CC(C)NC(=O)c1cccc(NC(=O)C2CCC2)c1. The first-order valence-electron chi connectivity index (χ1n) is 6.78. The van der Waals surface area contributed by atoms with E-state index in [1.54, 1.807) is 18.2 Å². The van der Waals surface area contributed by atoms with Crippen molar-refractivity contribution in [2.45, 2.75) is 39.2 Å². The third-order valence-corrected chi connectivity index (χ3v) is 3.29. The van der Waals surface area contributed by atoms with Gasteiger partial charge in [-0.1, -0.05) is 12.5 Å². The molecule has 4 heteroatoms. The quantitative estimate of drug-likeness (QED) is 0.874. The fourth-order valence-corrected chi connectivity index (χ4v) is 2.00. The highest BCUT2D eigenvalue weighted by Crippen LogP contribution is 2.27. The minimum atomic E-state index is -0.116. The maximum absolute atomic E-state index is 11.9. The summed E-state index contributed by atoms with van der Waals surface area (Å²) < 4.78 is 0. The van der Waals surface area contributed by atoms with Crippen molar-refractivity contribution in [3.05, 3.63) is 29.8 Å². The summed E-state index contributed by atoms with van der Waals surface area (Å²) in [4.78, 5) is 23.7. The summed E-state index contributed by atoms with van der Waals surface area (Å²) in [6.45, 7) is 3.83. The van der Waals surface area contributed by atoms with Crippen molar-refractivity contribution >= 4 is 17.5 Å². The molecule has 0 unspecified atom stereocenters. The highest BCUT2D eigenvalue weighted by molar-refractivity contribution is 5.97. The van der Waals surface area contributed by atoms with Gasteiger partial charge in [0.1, 0.15) is 0 Å². The molecule has 1 aromatic carbocycles. The summed E-state index contributed by atoms with van der Waals surface area (Å²) in [5, 5.41) is 5.71. The predicted octanol–water partition coefficient (Wildman–Crippen LogP) is 2.56. The molecule has 1 saturated carbocycles.